The van der Waals surface area contributed by atoms with Crippen LogP contribution in [-0.4, -0.2) is 16.4 Å². The zero-order chi connectivity index (χ0) is 18.3. The minimum atomic E-state index is -0.509. The van der Waals surface area contributed by atoms with E-state index in [0.29, 0.717) is 4.88 Å². The fourth-order valence-electron chi connectivity index (χ4n) is 2.89. The van der Waals surface area contributed by atoms with E-state index in [1.165, 1.54) is 35.6 Å². The van der Waals surface area contributed by atoms with E-state index in [4.69, 9.17) is 0 Å². The largest absolute Gasteiger partial charge is 0.335 e. The molecule has 0 radical (unpaired) electrons. The molecule has 2 aromatic carbocycles. The minimum absolute atomic E-state index is 0.258. The van der Waals surface area contributed by atoms with Crippen molar-refractivity contribution in [2.24, 2.45) is 7.05 Å². The molecule has 0 aliphatic rings. The molecule has 2 heterocycles. The third kappa shape index (κ3) is 2.72. The highest BCUT2D eigenvalue weighted by molar-refractivity contribution is 7.20. The fraction of sp³-hybridized carbons (Fsp3) is 0.0526. The highest BCUT2D eigenvalue weighted by Crippen LogP contribution is 2.34. The number of carbonyl (C=O) groups excluding carboxylic acids is 2. The number of para-hydroxylation sites is 1. The number of halogens is 1. The van der Waals surface area contributed by atoms with Crippen LogP contribution in [0.15, 0.2) is 54.6 Å². The Morgan fingerprint density at radius 1 is 0.962 bits per heavy atom. The van der Waals surface area contributed by atoms with Crippen LogP contribution in [0.25, 0.3) is 21.1 Å². The first kappa shape index (κ1) is 16.3. The highest BCUT2D eigenvalue weighted by atomic mass is 32.1. The maximum atomic E-state index is 12.9. The number of aryl methyl sites for hydroxylation is 1. The van der Waals surface area contributed by atoms with E-state index in [1.54, 1.807) is 0 Å². The van der Waals surface area contributed by atoms with Gasteiger partial charge in [-0.05, 0) is 36.4 Å². The van der Waals surface area contributed by atoms with Gasteiger partial charge >= 0.3 is 0 Å². The second-order valence-electron chi connectivity index (χ2n) is 5.82. The predicted molar refractivity (Wildman–Crippen MR) is 99.6 cm³/mol. The van der Waals surface area contributed by atoms with Crippen molar-refractivity contribution in [1.82, 2.24) is 15.4 Å². The average molecular weight is 367 g/mol. The van der Waals surface area contributed by atoms with Gasteiger partial charge < -0.3 is 4.57 Å². The lowest BCUT2D eigenvalue weighted by atomic mass is 10.2. The molecule has 7 heteroatoms. The van der Waals surface area contributed by atoms with Crippen molar-refractivity contribution in [3.63, 3.8) is 0 Å². The number of hydrogen-bond acceptors (Lipinski definition) is 3. The van der Waals surface area contributed by atoms with Crippen molar-refractivity contribution in [2.75, 3.05) is 0 Å². The van der Waals surface area contributed by atoms with Crippen molar-refractivity contribution < 1.29 is 14.0 Å². The van der Waals surface area contributed by atoms with E-state index in [0.717, 1.165) is 21.1 Å². The van der Waals surface area contributed by atoms with Crippen LogP contribution in [0.1, 0.15) is 20.0 Å². The molecule has 0 saturated heterocycles. The zero-order valence-corrected chi connectivity index (χ0v) is 14.6. The first-order valence-electron chi connectivity index (χ1n) is 7.88. The monoisotopic (exact) mass is 367 g/mol. The molecule has 5 nitrogen and oxygen atoms in total. The lowest BCUT2D eigenvalue weighted by molar-refractivity contribution is 0.0849. The van der Waals surface area contributed by atoms with Crippen LogP contribution in [0, 0.1) is 5.82 Å². The summed E-state index contributed by atoms with van der Waals surface area (Å²) in [5.41, 5.74) is 6.10. The van der Waals surface area contributed by atoms with Crippen molar-refractivity contribution in [3.05, 3.63) is 70.9 Å². The van der Waals surface area contributed by atoms with E-state index in [-0.39, 0.29) is 5.56 Å². The van der Waals surface area contributed by atoms with Gasteiger partial charge in [-0.2, -0.15) is 0 Å². The Hall–Kier alpha value is -3.19. The summed E-state index contributed by atoms with van der Waals surface area (Å²) in [5.74, 6) is -1.33. The molecule has 2 N–H and O–H groups in total. The maximum absolute atomic E-state index is 12.9. The molecule has 0 atom stereocenters. The van der Waals surface area contributed by atoms with Gasteiger partial charge in [0.25, 0.3) is 11.8 Å². The Bertz CT molecular complexity index is 1140. The summed E-state index contributed by atoms with van der Waals surface area (Å²) >= 11 is 1.36. The molecular formula is C19H14FN3O2S. The van der Waals surface area contributed by atoms with Gasteiger partial charge in [0.15, 0.2) is 0 Å². The molecule has 0 unspecified atom stereocenters. The maximum Gasteiger partial charge on any atom is 0.279 e. The van der Waals surface area contributed by atoms with Gasteiger partial charge in [0.2, 0.25) is 0 Å². The first-order valence-corrected chi connectivity index (χ1v) is 8.69. The number of fused-ring (bicyclic) bond motifs is 3. The van der Waals surface area contributed by atoms with E-state index in [9.17, 15) is 14.0 Å². The Kier molecular flexibility index (Phi) is 3.93. The highest BCUT2D eigenvalue weighted by Gasteiger charge is 2.16. The number of rotatable bonds is 2. The second kappa shape index (κ2) is 6.27. The van der Waals surface area contributed by atoms with Gasteiger partial charge in [-0.25, -0.2) is 4.39 Å². The molecule has 0 spiro atoms. The van der Waals surface area contributed by atoms with Crippen LogP contribution in [-0.2, 0) is 7.05 Å². The van der Waals surface area contributed by atoms with Crippen molar-refractivity contribution in [1.29, 1.82) is 0 Å². The van der Waals surface area contributed by atoms with Crippen LogP contribution in [0.5, 0.6) is 0 Å². The molecule has 0 saturated carbocycles. The number of hydrazine groups is 1. The third-order valence-corrected chi connectivity index (χ3v) is 5.40. The number of thiophene rings is 1. The predicted octanol–water partition coefficient (Wildman–Crippen LogP) is 3.61. The van der Waals surface area contributed by atoms with Gasteiger partial charge in [0, 0.05) is 28.9 Å². The van der Waals surface area contributed by atoms with Crippen LogP contribution in [0.2, 0.25) is 0 Å². The lowest BCUT2D eigenvalue weighted by Crippen LogP contribution is -2.41. The number of nitrogens with zero attached hydrogens (tertiary/aromatic N) is 1. The number of hydrogen-bond donors (Lipinski definition) is 2. The lowest BCUT2D eigenvalue weighted by Gasteiger charge is -2.06. The molecule has 2 aromatic heterocycles. The average Bonchev–Trinajstić information content (AvgIpc) is 3.20. The van der Waals surface area contributed by atoms with Gasteiger partial charge in [-0.15, -0.1) is 11.3 Å². The Labute approximate surface area is 152 Å². The van der Waals surface area contributed by atoms with Gasteiger partial charge in [0.05, 0.1) is 4.88 Å². The van der Waals surface area contributed by atoms with Gasteiger partial charge in [-0.3, -0.25) is 20.4 Å². The van der Waals surface area contributed by atoms with E-state index < -0.39 is 17.6 Å². The smallest absolute Gasteiger partial charge is 0.279 e. The summed E-state index contributed by atoms with van der Waals surface area (Å²) < 4.78 is 14.9. The molecule has 26 heavy (non-hydrogen) atoms. The second-order valence-corrected chi connectivity index (χ2v) is 6.85. The summed E-state index contributed by atoms with van der Waals surface area (Å²) in [7, 11) is 1.96. The Morgan fingerprint density at radius 3 is 2.42 bits per heavy atom. The number of aromatic nitrogens is 1. The van der Waals surface area contributed by atoms with Crippen LogP contribution in [0.3, 0.4) is 0 Å². The van der Waals surface area contributed by atoms with Crippen molar-refractivity contribution >= 4 is 44.3 Å². The molecule has 4 aromatic rings. The standard InChI is InChI=1S/C19H14FN3O2S/c1-23-15-5-3-2-4-13(15)14-10-16(26-19(14)23)18(25)22-21-17(24)11-6-8-12(20)9-7-11/h2-10H,1H3,(H,21,24)(H,22,25). The zero-order valence-electron chi connectivity index (χ0n) is 13.7. The quantitative estimate of drug-likeness (QED) is 0.532. The van der Waals surface area contributed by atoms with Gasteiger partial charge in [-0.1, -0.05) is 18.2 Å². The summed E-state index contributed by atoms with van der Waals surface area (Å²) in [5, 5.41) is 2.08. The number of carbonyl (C=O) groups is 2. The minimum Gasteiger partial charge on any atom is -0.335 e. The van der Waals surface area contributed by atoms with E-state index in [1.807, 2.05) is 41.9 Å². The molecule has 0 aliphatic heterocycles. The first-order chi connectivity index (χ1) is 12.5. The number of amides is 2. The SMILES string of the molecule is Cn1c2ccccc2c2cc(C(=O)NNC(=O)c3ccc(F)cc3)sc21. The van der Waals surface area contributed by atoms with Crippen LogP contribution in [0.4, 0.5) is 4.39 Å². The molecule has 0 aliphatic carbocycles. The summed E-state index contributed by atoms with van der Waals surface area (Å²) in [6.07, 6.45) is 0. The van der Waals surface area contributed by atoms with E-state index in [2.05, 4.69) is 10.9 Å². The number of nitrogens with one attached hydrogen (secondary N) is 2. The Morgan fingerprint density at radius 2 is 1.65 bits per heavy atom. The number of benzene rings is 2. The Balaban J connectivity index is 1.54. The topological polar surface area (TPSA) is 63.1 Å². The summed E-state index contributed by atoms with van der Waals surface area (Å²) in [4.78, 5) is 25.8. The molecule has 0 fully saturated rings. The molecule has 4 rings (SSSR count). The molecular weight excluding hydrogens is 353 g/mol. The van der Waals surface area contributed by atoms with Crippen LogP contribution >= 0.6 is 11.3 Å². The normalized spacial score (nSPS) is 11.0. The third-order valence-electron chi connectivity index (χ3n) is 4.19. The summed E-state index contributed by atoms with van der Waals surface area (Å²) in [6.45, 7) is 0. The fourth-order valence-corrected chi connectivity index (χ4v) is 3.93. The summed E-state index contributed by atoms with van der Waals surface area (Å²) in [6, 6.07) is 14.9. The molecule has 2 amide bonds. The van der Waals surface area contributed by atoms with E-state index >= 15 is 0 Å². The van der Waals surface area contributed by atoms with Crippen molar-refractivity contribution in [3.8, 4) is 0 Å². The van der Waals surface area contributed by atoms with Crippen LogP contribution < -0.4 is 10.9 Å². The van der Waals surface area contributed by atoms with Gasteiger partial charge in [0.1, 0.15) is 10.6 Å². The molecule has 0 bridgehead atoms. The molecule has 130 valence electrons. The van der Waals surface area contributed by atoms with Crippen molar-refractivity contribution in [2.45, 2.75) is 0 Å².